The van der Waals surface area contributed by atoms with Gasteiger partial charge in [-0.1, -0.05) is 60.7 Å². The highest BCUT2D eigenvalue weighted by molar-refractivity contribution is 5.86. The van der Waals surface area contributed by atoms with Crippen molar-refractivity contribution in [3.05, 3.63) is 78.4 Å². The van der Waals surface area contributed by atoms with Crippen LogP contribution in [0.4, 0.5) is 0 Å². The maximum absolute atomic E-state index is 11.5. The van der Waals surface area contributed by atoms with Crippen LogP contribution < -0.4 is 4.74 Å². The Balaban J connectivity index is 1.88. The van der Waals surface area contributed by atoms with Crippen molar-refractivity contribution < 1.29 is 14.6 Å². The van der Waals surface area contributed by atoms with Gasteiger partial charge in [0.2, 0.25) is 0 Å². The van der Waals surface area contributed by atoms with E-state index in [0.717, 1.165) is 16.3 Å². The molecule has 110 valence electrons. The zero-order chi connectivity index (χ0) is 15.4. The van der Waals surface area contributed by atoms with Crippen LogP contribution in [-0.2, 0) is 11.2 Å². The summed E-state index contributed by atoms with van der Waals surface area (Å²) in [6.45, 7) is 0. The van der Waals surface area contributed by atoms with E-state index < -0.39 is 12.1 Å². The van der Waals surface area contributed by atoms with Crippen molar-refractivity contribution in [2.75, 3.05) is 0 Å². The number of para-hydroxylation sites is 1. The molecule has 1 atom stereocenters. The lowest BCUT2D eigenvalue weighted by Gasteiger charge is -2.16. The molecule has 0 spiro atoms. The monoisotopic (exact) mass is 292 g/mol. The van der Waals surface area contributed by atoms with Crippen LogP contribution in [0, 0.1) is 0 Å². The van der Waals surface area contributed by atoms with Crippen LogP contribution in [0.2, 0.25) is 0 Å². The van der Waals surface area contributed by atoms with Crippen molar-refractivity contribution in [2.45, 2.75) is 12.5 Å². The SMILES string of the molecule is O=C(O)[C@@H](Cc1cccc2ccccc12)Oc1ccccc1. The number of rotatable bonds is 5. The van der Waals surface area contributed by atoms with Crippen molar-refractivity contribution in [3.8, 4) is 5.75 Å². The smallest absolute Gasteiger partial charge is 0.345 e. The predicted molar refractivity (Wildman–Crippen MR) is 86.1 cm³/mol. The minimum atomic E-state index is -0.961. The van der Waals surface area contributed by atoms with E-state index in [1.54, 1.807) is 12.1 Å². The van der Waals surface area contributed by atoms with Crippen LogP contribution in [0.25, 0.3) is 10.8 Å². The summed E-state index contributed by atoms with van der Waals surface area (Å²) < 4.78 is 5.63. The summed E-state index contributed by atoms with van der Waals surface area (Å²) in [5.74, 6) is -0.396. The van der Waals surface area contributed by atoms with Crippen LogP contribution in [0.3, 0.4) is 0 Å². The van der Waals surface area contributed by atoms with E-state index in [2.05, 4.69) is 0 Å². The molecule has 0 heterocycles. The molecule has 0 radical (unpaired) electrons. The van der Waals surface area contributed by atoms with Gasteiger partial charge in [-0.05, 0) is 28.5 Å². The highest BCUT2D eigenvalue weighted by Crippen LogP contribution is 2.21. The van der Waals surface area contributed by atoms with Gasteiger partial charge in [-0.3, -0.25) is 0 Å². The molecule has 1 N–H and O–H groups in total. The van der Waals surface area contributed by atoms with Gasteiger partial charge in [-0.25, -0.2) is 4.79 Å². The lowest BCUT2D eigenvalue weighted by Crippen LogP contribution is -2.29. The van der Waals surface area contributed by atoms with Crippen molar-refractivity contribution in [2.24, 2.45) is 0 Å². The fourth-order valence-electron chi connectivity index (χ4n) is 2.51. The van der Waals surface area contributed by atoms with Crippen LogP contribution >= 0.6 is 0 Å². The second-order valence-corrected chi connectivity index (χ2v) is 5.10. The molecule has 0 unspecified atom stereocenters. The van der Waals surface area contributed by atoms with Gasteiger partial charge in [-0.15, -0.1) is 0 Å². The molecule has 3 heteroatoms. The fraction of sp³-hybridized carbons (Fsp3) is 0.105. The molecule has 0 fully saturated rings. The Morgan fingerprint density at radius 1 is 0.909 bits per heavy atom. The number of hydrogen-bond donors (Lipinski definition) is 1. The summed E-state index contributed by atoms with van der Waals surface area (Å²) in [4.78, 5) is 11.5. The molecule has 3 nitrogen and oxygen atoms in total. The number of carboxylic acid groups (broad SMARTS) is 1. The molecular weight excluding hydrogens is 276 g/mol. The summed E-state index contributed by atoms with van der Waals surface area (Å²) >= 11 is 0. The third kappa shape index (κ3) is 3.09. The van der Waals surface area contributed by atoms with E-state index >= 15 is 0 Å². The van der Waals surface area contributed by atoms with E-state index in [4.69, 9.17) is 4.74 Å². The predicted octanol–water partition coefficient (Wildman–Crippen LogP) is 3.91. The van der Waals surface area contributed by atoms with Crippen LogP contribution in [0.1, 0.15) is 5.56 Å². The van der Waals surface area contributed by atoms with E-state index in [-0.39, 0.29) is 0 Å². The lowest BCUT2D eigenvalue weighted by molar-refractivity contribution is -0.145. The largest absolute Gasteiger partial charge is 0.478 e. The fourth-order valence-corrected chi connectivity index (χ4v) is 2.51. The zero-order valence-corrected chi connectivity index (χ0v) is 12.0. The Labute approximate surface area is 128 Å². The molecule has 0 aromatic heterocycles. The number of hydrogen-bond acceptors (Lipinski definition) is 2. The number of fused-ring (bicyclic) bond motifs is 1. The topological polar surface area (TPSA) is 46.5 Å². The maximum Gasteiger partial charge on any atom is 0.345 e. The molecule has 0 saturated heterocycles. The van der Waals surface area contributed by atoms with Gasteiger partial charge in [-0.2, -0.15) is 0 Å². The summed E-state index contributed by atoms with van der Waals surface area (Å²) in [5.41, 5.74) is 0.974. The Hall–Kier alpha value is -2.81. The molecule has 0 amide bonds. The third-order valence-corrected chi connectivity index (χ3v) is 3.58. The highest BCUT2D eigenvalue weighted by Gasteiger charge is 2.21. The van der Waals surface area contributed by atoms with Gasteiger partial charge in [0.25, 0.3) is 0 Å². The molecular formula is C19H16O3. The first-order valence-electron chi connectivity index (χ1n) is 7.15. The second kappa shape index (κ2) is 6.31. The van der Waals surface area contributed by atoms with Crippen molar-refractivity contribution >= 4 is 16.7 Å². The van der Waals surface area contributed by atoms with Gasteiger partial charge in [0.15, 0.2) is 6.10 Å². The molecule has 0 saturated carbocycles. The second-order valence-electron chi connectivity index (χ2n) is 5.10. The standard InChI is InChI=1S/C19H16O3/c20-19(21)18(22-16-10-2-1-3-11-16)13-15-9-6-8-14-7-4-5-12-17(14)15/h1-12,18H,13H2,(H,20,21)/t18-/m1/s1. The maximum atomic E-state index is 11.5. The molecule has 22 heavy (non-hydrogen) atoms. The minimum Gasteiger partial charge on any atom is -0.478 e. The first kappa shape index (κ1) is 14.1. The molecule has 0 aliphatic heterocycles. The van der Waals surface area contributed by atoms with Crippen LogP contribution in [-0.4, -0.2) is 17.2 Å². The van der Waals surface area contributed by atoms with Gasteiger partial charge in [0, 0.05) is 6.42 Å². The lowest BCUT2D eigenvalue weighted by atomic mass is 10.00. The minimum absolute atomic E-state index is 0.325. The van der Waals surface area contributed by atoms with Crippen LogP contribution in [0.5, 0.6) is 5.75 Å². The zero-order valence-electron chi connectivity index (χ0n) is 12.0. The van der Waals surface area contributed by atoms with Crippen molar-refractivity contribution in [3.63, 3.8) is 0 Å². The van der Waals surface area contributed by atoms with E-state index in [1.165, 1.54) is 0 Å². The number of carbonyl (C=O) groups is 1. The van der Waals surface area contributed by atoms with Crippen LogP contribution in [0.15, 0.2) is 72.8 Å². The molecule has 0 aliphatic carbocycles. The number of aliphatic carboxylic acids is 1. The van der Waals surface area contributed by atoms with Crippen molar-refractivity contribution in [1.29, 1.82) is 0 Å². The Morgan fingerprint density at radius 3 is 2.36 bits per heavy atom. The summed E-state index contributed by atoms with van der Waals surface area (Å²) in [6.07, 6.45) is -0.584. The highest BCUT2D eigenvalue weighted by atomic mass is 16.5. The van der Waals surface area contributed by atoms with E-state index in [9.17, 15) is 9.90 Å². The van der Waals surface area contributed by atoms with Gasteiger partial charge in [0.1, 0.15) is 5.75 Å². The normalized spacial score (nSPS) is 12.0. The third-order valence-electron chi connectivity index (χ3n) is 3.58. The first-order chi connectivity index (χ1) is 10.7. The number of ether oxygens (including phenoxy) is 1. The summed E-state index contributed by atoms with van der Waals surface area (Å²) in [7, 11) is 0. The quantitative estimate of drug-likeness (QED) is 0.775. The van der Waals surface area contributed by atoms with Gasteiger partial charge in [0.05, 0.1) is 0 Å². The number of benzene rings is 3. The molecule has 3 aromatic carbocycles. The van der Waals surface area contributed by atoms with Crippen molar-refractivity contribution in [1.82, 2.24) is 0 Å². The average molecular weight is 292 g/mol. The average Bonchev–Trinajstić information content (AvgIpc) is 2.55. The Kier molecular flexibility index (Phi) is 4.05. The van der Waals surface area contributed by atoms with Gasteiger partial charge < -0.3 is 9.84 Å². The summed E-state index contributed by atoms with van der Waals surface area (Å²) in [6, 6.07) is 22.9. The van der Waals surface area contributed by atoms with E-state index in [1.807, 2.05) is 60.7 Å². The molecule has 0 aliphatic rings. The van der Waals surface area contributed by atoms with E-state index in [0.29, 0.717) is 12.2 Å². The Morgan fingerprint density at radius 2 is 1.59 bits per heavy atom. The van der Waals surface area contributed by atoms with Gasteiger partial charge >= 0.3 is 5.97 Å². The first-order valence-corrected chi connectivity index (χ1v) is 7.15. The number of carboxylic acids is 1. The summed E-state index contributed by atoms with van der Waals surface area (Å²) in [5, 5.41) is 11.6. The molecule has 0 bridgehead atoms. The molecule has 3 rings (SSSR count). The Bertz CT molecular complexity index is 776. The molecule has 3 aromatic rings.